The van der Waals surface area contributed by atoms with Gasteiger partial charge in [0.1, 0.15) is 11.9 Å². The fourth-order valence-corrected chi connectivity index (χ4v) is 6.36. The summed E-state index contributed by atoms with van der Waals surface area (Å²) in [7, 11) is 2.25. The number of benzene rings is 2. The van der Waals surface area contributed by atoms with Gasteiger partial charge in [0.25, 0.3) is 5.91 Å². The number of piperidine rings is 1. The summed E-state index contributed by atoms with van der Waals surface area (Å²) < 4.78 is 6.38. The summed E-state index contributed by atoms with van der Waals surface area (Å²) >= 11 is 0. The molecule has 0 radical (unpaired) electrons. The minimum absolute atomic E-state index is 0.0597. The lowest BCUT2D eigenvalue weighted by Crippen LogP contribution is -2.43. The van der Waals surface area contributed by atoms with E-state index >= 15 is 0 Å². The second-order valence-corrected chi connectivity index (χ2v) is 11.2. The maximum atomic E-state index is 13.3. The van der Waals surface area contributed by atoms with E-state index in [-0.39, 0.29) is 18.1 Å². The molecule has 7 rings (SSSR count). The van der Waals surface area contributed by atoms with Crippen LogP contribution in [-0.2, 0) is 0 Å². The Morgan fingerprint density at radius 1 is 1.03 bits per heavy atom. The Morgan fingerprint density at radius 3 is 2.53 bits per heavy atom. The summed E-state index contributed by atoms with van der Waals surface area (Å²) in [6, 6.07) is 21.0. The first kappa shape index (κ1) is 23.4. The van der Waals surface area contributed by atoms with Crippen LogP contribution in [0.15, 0.2) is 66.9 Å². The third kappa shape index (κ3) is 4.45. The van der Waals surface area contributed by atoms with Crippen molar-refractivity contribution < 1.29 is 9.53 Å². The van der Waals surface area contributed by atoms with Crippen LogP contribution < -0.4 is 10.1 Å². The number of amides is 1. The van der Waals surface area contributed by atoms with Crippen LogP contribution in [0.1, 0.15) is 60.6 Å². The van der Waals surface area contributed by atoms with E-state index in [0.29, 0.717) is 23.6 Å². The summed E-state index contributed by atoms with van der Waals surface area (Å²) in [5, 5.41) is 11.9. The molecule has 1 saturated carbocycles. The fourth-order valence-electron chi connectivity index (χ4n) is 6.36. The van der Waals surface area contributed by atoms with Crippen molar-refractivity contribution in [3.63, 3.8) is 0 Å². The predicted octanol–water partition coefficient (Wildman–Crippen LogP) is 5.51. The van der Waals surface area contributed by atoms with E-state index in [1.165, 1.54) is 12.8 Å². The van der Waals surface area contributed by atoms with Crippen molar-refractivity contribution in [2.24, 2.45) is 5.92 Å². The maximum absolute atomic E-state index is 13.3. The van der Waals surface area contributed by atoms with Crippen molar-refractivity contribution in [3.8, 4) is 17.0 Å². The number of aromatic nitrogens is 3. The van der Waals surface area contributed by atoms with Gasteiger partial charge in [-0.1, -0.05) is 6.07 Å². The van der Waals surface area contributed by atoms with Crippen molar-refractivity contribution in [1.29, 1.82) is 0 Å². The molecule has 3 aliphatic rings. The van der Waals surface area contributed by atoms with Gasteiger partial charge in [-0.15, -0.1) is 0 Å². The summed E-state index contributed by atoms with van der Waals surface area (Å²) in [5.41, 5.74) is 4.28. The topological polar surface area (TPSA) is 83.1 Å². The number of hydrogen-bond acceptors (Lipinski definition) is 5. The van der Waals surface area contributed by atoms with Gasteiger partial charge >= 0.3 is 0 Å². The largest absolute Gasteiger partial charge is 0.490 e. The lowest BCUT2D eigenvalue weighted by atomic mass is 10.0. The molecule has 1 amide bonds. The normalized spacial score (nSPS) is 23.9. The van der Waals surface area contributed by atoms with E-state index in [1.807, 2.05) is 48.5 Å². The highest BCUT2D eigenvalue weighted by Crippen LogP contribution is 2.41. The molecule has 2 aliphatic heterocycles. The van der Waals surface area contributed by atoms with Crippen molar-refractivity contribution in [2.75, 3.05) is 7.05 Å². The molecule has 4 atom stereocenters. The van der Waals surface area contributed by atoms with E-state index < -0.39 is 0 Å². The molecule has 7 nitrogen and oxygen atoms in total. The molecule has 4 heterocycles. The molecular formula is C31H33N5O2. The number of H-pyrrole nitrogens is 1. The Hall–Kier alpha value is -3.71. The minimum atomic E-state index is -0.0857. The van der Waals surface area contributed by atoms with Gasteiger partial charge in [0.15, 0.2) is 0 Å². The van der Waals surface area contributed by atoms with Gasteiger partial charge < -0.3 is 15.0 Å². The summed E-state index contributed by atoms with van der Waals surface area (Å²) in [6.45, 7) is 0. The molecule has 0 spiro atoms. The van der Waals surface area contributed by atoms with Crippen LogP contribution in [0.4, 0.5) is 0 Å². The molecule has 194 valence electrons. The lowest BCUT2D eigenvalue weighted by molar-refractivity contribution is 0.0662. The van der Waals surface area contributed by atoms with Crippen LogP contribution in [0.25, 0.3) is 22.2 Å². The Balaban J connectivity index is 1.08. The number of rotatable bonds is 7. The van der Waals surface area contributed by atoms with Gasteiger partial charge in [-0.3, -0.25) is 14.9 Å². The van der Waals surface area contributed by atoms with Gasteiger partial charge in [-0.25, -0.2) is 0 Å². The Labute approximate surface area is 222 Å². The van der Waals surface area contributed by atoms with E-state index in [2.05, 4.69) is 44.6 Å². The summed E-state index contributed by atoms with van der Waals surface area (Å²) in [5.74, 6) is 1.27. The SMILES string of the molecule is CN1[C@@H]2CC[C@H]1C[C@@H](Oc1ccc(-c3n[nH]c4ccc(C(=O)N[C@@H](c5ccccn5)C5CC5)cc34)cc1)C2. The number of ether oxygens (including phenoxy) is 1. The van der Waals surface area contributed by atoms with Gasteiger partial charge in [-0.2, -0.15) is 5.10 Å². The Morgan fingerprint density at radius 2 is 1.82 bits per heavy atom. The first-order valence-corrected chi connectivity index (χ1v) is 13.8. The monoisotopic (exact) mass is 507 g/mol. The highest BCUT2D eigenvalue weighted by Gasteiger charge is 2.39. The smallest absolute Gasteiger partial charge is 0.251 e. The van der Waals surface area contributed by atoms with Crippen molar-refractivity contribution in [2.45, 2.75) is 62.8 Å². The van der Waals surface area contributed by atoms with Crippen LogP contribution in [0.3, 0.4) is 0 Å². The number of aromatic amines is 1. The molecule has 2 N–H and O–H groups in total. The van der Waals surface area contributed by atoms with Crippen LogP contribution in [-0.4, -0.2) is 51.2 Å². The van der Waals surface area contributed by atoms with Crippen LogP contribution >= 0.6 is 0 Å². The van der Waals surface area contributed by atoms with Gasteiger partial charge in [0.2, 0.25) is 0 Å². The van der Waals surface area contributed by atoms with Crippen molar-refractivity contribution in [3.05, 3.63) is 78.1 Å². The van der Waals surface area contributed by atoms with Crippen molar-refractivity contribution in [1.82, 2.24) is 25.4 Å². The van der Waals surface area contributed by atoms with Gasteiger partial charge in [-0.05, 0) is 106 Å². The van der Waals surface area contributed by atoms with Gasteiger partial charge in [0.05, 0.1) is 22.9 Å². The zero-order valence-electron chi connectivity index (χ0n) is 21.6. The van der Waals surface area contributed by atoms with E-state index in [0.717, 1.165) is 59.3 Å². The Kier molecular flexibility index (Phi) is 5.88. The number of carbonyl (C=O) groups excluding carboxylic acids is 1. The molecule has 2 aromatic heterocycles. The molecular weight excluding hydrogens is 474 g/mol. The van der Waals surface area contributed by atoms with Crippen LogP contribution in [0, 0.1) is 5.92 Å². The predicted molar refractivity (Wildman–Crippen MR) is 147 cm³/mol. The average molecular weight is 508 g/mol. The highest BCUT2D eigenvalue weighted by molar-refractivity contribution is 6.01. The second-order valence-electron chi connectivity index (χ2n) is 11.2. The number of nitrogens with zero attached hydrogens (tertiary/aromatic N) is 3. The lowest BCUT2D eigenvalue weighted by Gasteiger charge is -2.36. The number of pyridine rings is 1. The molecule has 2 saturated heterocycles. The quantitative estimate of drug-likeness (QED) is 0.345. The maximum Gasteiger partial charge on any atom is 0.251 e. The average Bonchev–Trinajstić information content (AvgIpc) is 3.67. The number of hydrogen-bond donors (Lipinski definition) is 2. The molecule has 4 aromatic rings. The number of fused-ring (bicyclic) bond motifs is 3. The number of carbonyl (C=O) groups is 1. The third-order valence-electron chi connectivity index (χ3n) is 8.70. The first-order chi connectivity index (χ1) is 18.6. The molecule has 0 unspecified atom stereocenters. The minimum Gasteiger partial charge on any atom is -0.490 e. The van der Waals surface area contributed by atoms with E-state index in [9.17, 15) is 4.79 Å². The highest BCUT2D eigenvalue weighted by atomic mass is 16.5. The van der Waals surface area contributed by atoms with Gasteiger partial charge in [0, 0.05) is 34.8 Å². The van der Waals surface area contributed by atoms with Crippen LogP contribution in [0.5, 0.6) is 5.75 Å². The number of nitrogens with one attached hydrogen (secondary N) is 2. The standard InChI is InChI=1S/C31H33N5O2/c1-36-22-10-11-23(36)18-25(17-22)38-24-12-7-19(8-13-24)29-26-16-21(9-14-27(26)34-35-29)31(37)33-30(20-5-6-20)28-4-2-3-15-32-28/h2-4,7-9,12-16,20,22-23,25,30H,5-6,10-11,17-18H2,1H3,(H,33,37)(H,34,35)/t22-,23+,25+,30-/m1/s1. The first-order valence-electron chi connectivity index (χ1n) is 13.8. The van der Waals surface area contributed by atoms with E-state index in [4.69, 9.17) is 4.74 Å². The fraction of sp³-hybridized carbons (Fsp3) is 0.387. The summed E-state index contributed by atoms with van der Waals surface area (Å²) in [4.78, 5) is 20.3. The molecule has 2 aromatic carbocycles. The Bertz CT molecular complexity index is 1430. The molecule has 1 aliphatic carbocycles. The molecule has 3 fully saturated rings. The van der Waals surface area contributed by atoms with E-state index in [1.54, 1.807) is 6.20 Å². The zero-order chi connectivity index (χ0) is 25.6. The molecule has 7 heteroatoms. The van der Waals surface area contributed by atoms with Crippen molar-refractivity contribution >= 4 is 16.8 Å². The summed E-state index contributed by atoms with van der Waals surface area (Å²) in [6.07, 6.45) is 9.09. The molecule has 2 bridgehead atoms. The zero-order valence-corrected chi connectivity index (χ0v) is 21.6. The van der Waals surface area contributed by atoms with Crippen LogP contribution in [0.2, 0.25) is 0 Å². The third-order valence-corrected chi connectivity index (χ3v) is 8.70. The second kappa shape index (κ2) is 9.55. The molecule has 38 heavy (non-hydrogen) atoms.